The second-order valence-electron chi connectivity index (χ2n) is 7.28. The molecule has 0 radical (unpaired) electrons. The maximum atomic E-state index is 12.8. The molecule has 0 unspecified atom stereocenters. The fraction of sp³-hybridized carbons (Fsp3) is 0.125. The number of nitrogens with one attached hydrogen (secondary N) is 1. The van der Waals surface area contributed by atoms with Crippen LogP contribution in [0.2, 0.25) is 0 Å². The zero-order chi connectivity index (χ0) is 24.3. The van der Waals surface area contributed by atoms with Crippen LogP contribution in [-0.4, -0.2) is 51.4 Å². The highest BCUT2D eigenvalue weighted by molar-refractivity contribution is 7.92. The molecule has 174 valence electrons. The first kappa shape index (κ1) is 23.0. The van der Waals surface area contributed by atoms with Crippen molar-refractivity contribution in [3.05, 3.63) is 89.5 Å². The van der Waals surface area contributed by atoms with E-state index < -0.39 is 27.8 Å². The third kappa shape index (κ3) is 4.48. The van der Waals surface area contributed by atoms with Crippen molar-refractivity contribution in [3.8, 4) is 5.75 Å². The minimum absolute atomic E-state index is 0.00487. The third-order valence-corrected chi connectivity index (χ3v) is 6.52. The normalized spacial score (nSPS) is 12.9. The molecule has 0 fully saturated rings. The first-order valence-corrected chi connectivity index (χ1v) is 11.7. The average Bonchev–Trinajstić information content (AvgIpc) is 3.09. The number of hydrogen-bond acceptors (Lipinski definition) is 7. The third-order valence-electron chi connectivity index (χ3n) is 5.16. The molecule has 4 rings (SSSR count). The molecule has 0 spiro atoms. The number of para-hydroxylation sites is 2. The van der Waals surface area contributed by atoms with Crippen LogP contribution in [-0.2, 0) is 14.8 Å². The molecule has 3 aromatic rings. The Morgan fingerprint density at radius 1 is 0.912 bits per heavy atom. The molecule has 0 saturated heterocycles. The number of amides is 2. The number of anilines is 1. The zero-order valence-corrected chi connectivity index (χ0v) is 18.9. The van der Waals surface area contributed by atoms with Gasteiger partial charge in [-0.25, -0.2) is 13.2 Å². The van der Waals surface area contributed by atoms with Crippen molar-refractivity contribution in [3.63, 3.8) is 0 Å². The number of sulfonamides is 1. The molecule has 1 aliphatic rings. The summed E-state index contributed by atoms with van der Waals surface area (Å²) in [4.78, 5) is 38.1. The van der Waals surface area contributed by atoms with Crippen molar-refractivity contribution < 1.29 is 32.3 Å². The van der Waals surface area contributed by atoms with Gasteiger partial charge in [0.2, 0.25) is 0 Å². The van der Waals surface area contributed by atoms with Gasteiger partial charge in [-0.05, 0) is 42.5 Å². The summed E-state index contributed by atoms with van der Waals surface area (Å²) in [5.74, 6) is -1.35. The smallest absolute Gasteiger partial charge is 0.338 e. The average molecular weight is 480 g/mol. The minimum atomic E-state index is -4.02. The topological polar surface area (TPSA) is 119 Å². The van der Waals surface area contributed by atoms with Crippen LogP contribution in [0.4, 0.5) is 5.69 Å². The lowest BCUT2D eigenvalue weighted by Crippen LogP contribution is -2.33. The summed E-state index contributed by atoms with van der Waals surface area (Å²) in [6.07, 6.45) is 0. The van der Waals surface area contributed by atoms with E-state index in [9.17, 15) is 22.8 Å². The van der Waals surface area contributed by atoms with Gasteiger partial charge in [-0.2, -0.15) is 0 Å². The molecule has 0 bridgehead atoms. The first-order valence-electron chi connectivity index (χ1n) is 10.2. The summed E-state index contributed by atoms with van der Waals surface area (Å²) in [6.45, 7) is -0.355. The lowest BCUT2D eigenvalue weighted by molar-refractivity contribution is 0.0420. The molecule has 0 aliphatic carbocycles. The van der Waals surface area contributed by atoms with Gasteiger partial charge in [-0.15, -0.1) is 0 Å². The van der Waals surface area contributed by atoms with Crippen LogP contribution >= 0.6 is 0 Å². The second-order valence-corrected chi connectivity index (χ2v) is 8.96. The Morgan fingerprint density at radius 3 is 2.24 bits per heavy atom. The summed E-state index contributed by atoms with van der Waals surface area (Å²) in [7, 11) is -2.59. The molecule has 3 aromatic carbocycles. The quantitative estimate of drug-likeness (QED) is 0.389. The molecule has 1 heterocycles. The SMILES string of the molecule is COc1ccccc1NS(=O)(=O)c1cccc(C(=O)OCCN2C(=O)c3ccccc3C2=O)c1. The molecule has 1 aliphatic heterocycles. The number of esters is 1. The van der Waals surface area contributed by atoms with Crippen LogP contribution in [0.5, 0.6) is 5.75 Å². The standard InChI is InChI=1S/C24H20N2O7S/c1-32-21-12-5-4-11-20(21)25-34(30,31)17-8-6-7-16(15-17)24(29)33-14-13-26-22(27)18-9-2-3-10-19(18)23(26)28/h2-12,15,25H,13-14H2,1H3. The van der Waals surface area contributed by atoms with E-state index in [1.165, 1.54) is 31.4 Å². The fourth-order valence-corrected chi connectivity index (χ4v) is 4.59. The Kier molecular flexibility index (Phi) is 6.33. The van der Waals surface area contributed by atoms with Crippen molar-refractivity contribution in [1.29, 1.82) is 0 Å². The van der Waals surface area contributed by atoms with E-state index in [1.807, 2.05) is 0 Å². The van der Waals surface area contributed by atoms with E-state index in [2.05, 4.69) is 4.72 Å². The largest absolute Gasteiger partial charge is 0.495 e. The van der Waals surface area contributed by atoms with Gasteiger partial charge in [0.1, 0.15) is 12.4 Å². The van der Waals surface area contributed by atoms with E-state index in [1.54, 1.807) is 48.5 Å². The van der Waals surface area contributed by atoms with Gasteiger partial charge in [0.05, 0.1) is 40.9 Å². The lowest BCUT2D eigenvalue weighted by atomic mass is 10.1. The number of imide groups is 1. The molecular formula is C24H20N2O7S. The molecule has 2 amide bonds. The molecule has 0 atom stereocenters. The summed E-state index contributed by atoms with van der Waals surface area (Å²) in [5, 5.41) is 0. The van der Waals surface area contributed by atoms with Crippen LogP contribution < -0.4 is 9.46 Å². The number of rotatable bonds is 8. The number of methoxy groups -OCH3 is 1. The van der Waals surface area contributed by atoms with E-state index >= 15 is 0 Å². The number of nitrogens with zero attached hydrogens (tertiary/aromatic N) is 1. The summed E-state index contributed by atoms with van der Waals surface area (Å²) in [6, 6.07) is 18.3. The van der Waals surface area contributed by atoms with Crippen molar-refractivity contribution in [2.24, 2.45) is 0 Å². The Labute approximate surface area is 196 Å². The predicted molar refractivity (Wildman–Crippen MR) is 122 cm³/mol. The van der Waals surface area contributed by atoms with Crippen molar-refractivity contribution in [2.45, 2.75) is 4.90 Å². The first-order chi connectivity index (χ1) is 16.3. The highest BCUT2D eigenvalue weighted by atomic mass is 32.2. The van der Waals surface area contributed by atoms with Crippen LogP contribution in [0, 0.1) is 0 Å². The fourth-order valence-electron chi connectivity index (χ4n) is 3.48. The number of hydrogen-bond donors (Lipinski definition) is 1. The highest BCUT2D eigenvalue weighted by Gasteiger charge is 2.34. The van der Waals surface area contributed by atoms with Gasteiger partial charge in [-0.1, -0.05) is 30.3 Å². The summed E-state index contributed by atoms with van der Waals surface area (Å²) < 4.78 is 38.4. The number of carbonyl (C=O) groups excluding carboxylic acids is 3. The van der Waals surface area contributed by atoms with Crippen molar-refractivity contribution >= 4 is 33.5 Å². The number of ether oxygens (including phenoxy) is 2. The molecule has 0 aromatic heterocycles. The summed E-state index contributed by atoms with van der Waals surface area (Å²) >= 11 is 0. The van der Waals surface area contributed by atoms with Gasteiger partial charge in [0.15, 0.2) is 0 Å². The Morgan fingerprint density at radius 2 is 1.56 bits per heavy atom. The molecule has 1 N–H and O–H groups in total. The molecular weight excluding hydrogens is 460 g/mol. The molecule has 10 heteroatoms. The monoisotopic (exact) mass is 480 g/mol. The highest BCUT2D eigenvalue weighted by Crippen LogP contribution is 2.26. The Bertz CT molecular complexity index is 1350. The number of fused-ring (bicyclic) bond motifs is 1. The van der Waals surface area contributed by atoms with Crippen molar-refractivity contribution in [1.82, 2.24) is 4.90 Å². The zero-order valence-electron chi connectivity index (χ0n) is 18.1. The van der Waals surface area contributed by atoms with E-state index in [0.29, 0.717) is 16.9 Å². The maximum Gasteiger partial charge on any atom is 0.338 e. The van der Waals surface area contributed by atoms with Gasteiger partial charge >= 0.3 is 5.97 Å². The molecule has 0 saturated carbocycles. The summed E-state index contributed by atoms with van der Waals surface area (Å²) in [5.41, 5.74) is 0.864. The number of carbonyl (C=O) groups is 3. The number of benzene rings is 3. The molecule has 34 heavy (non-hydrogen) atoms. The maximum absolute atomic E-state index is 12.8. The minimum Gasteiger partial charge on any atom is -0.495 e. The predicted octanol–water partition coefficient (Wildman–Crippen LogP) is 2.95. The lowest BCUT2D eigenvalue weighted by Gasteiger charge is -2.14. The van der Waals surface area contributed by atoms with Crippen LogP contribution in [0.3, 0.4) is 0 Å². The van der Waals surface area contributed by atoms with Crippen molar-refractivity contribution in [2.75, 3.05) is 25.0 Å². The van der Waals surface area contributed by atoms with Crippen LogP contribution in [0.25, 0.3) is 0 Å². The van der Waals surface area contributed by atoms with Crippen LogP contribution in [0.1, 0.15) is 31.1 Å². The van der Waals surface area contributed by atoms with Crippen LogP contribution in [0.15, 0.2) is 77.7 Å². The van der Waals surface area contributed by atoms with Gasteiger partial charge in [-0.3, -0.25) is 19.2 Å². The second kappa shape index (κ2) is 9.36. The Balaban J connectivity index is 1.41. The molecule has 9 nitrogen and oxygen atoms in total. The Hall–Kier alpha value is -4.18. The van der Waals surface area contributed by atoms with E-state index in [4.69, 9.17) is 9.47 Å². The van der Waals surface area contributed by atoms with E-state index in [0.717, 1.165) is 4.90 Å². The van der Waals surface area contributed by atoms with Gasteiger partial charge in [0, 0.05) is 0 Å². The van der Waals surface area contributed by atoms with E-state index in [-0.39, 0.29) is 29.3 Å². The van der Waals surface area contributed by atoms with Gasteiger partial charge in [0.25, 0.3) is 21.8 Å². The van der Waals surface area contributed by atoms with Gasteiger partial charge < -0.3 is 9.47 Å².